The first-order chi connectivity index (χ1) is 14.5. The van der Waals surface area contributed by atoms with Gasteiger partial charge in [-0.05, 0) is 54.7 Å². The number of hydrogen-bond acceptors (Lipinski definition) is 3. The Hall–Kier alpha value is -3.12. The van der Waals surface area contributed by atoms with Crippen LogP contribution in [-0.4, -0.2) is 40.8 Å². The first-order valence-electron chi connectivity index (χ1n) is 10.5. The molecule has 1 aromatic heterocycles. The molecule has 0 radical (unpaired) electrons. The van der Waals surface area contributed by atoms with Crippen molar-refractivity contribution in [1.29, 1.82) is 0 Å². The van der Waals surface area contributed by atoms with Crippen LogP contribution in [0.4, 0.5) is 5.69 Å². The van der Waals surface area contributed by atoms with Crippen LogP contribution in [0.1, 0.15) is 30.0 Å². The zero-order valence-electron chi connectivity index (χ0n) is 17.5. The number of H-pyrrole nitrogens is 1. The summed E-state index contributed by atoms with van der Waals surface area (Å²) in [5, 5.41) is 6.56. The lowest BCUT2D eigenvalue weighted by Gasteiger charge is -2.35. The summed E-state index contributed by atoms with van der Waals surface area (Å²) >= 11 is 0. The van der Waals surface area contributed by atoms with E-state index in [4.69, 9.17) is 0 Å². The molecular weight excluding hydrogens is 376 g/mol. The number of hydrogen-bond donors (Lipinski definition) is 3. The molecule has 0 aliphatic carbocycles. The van der Waals surface area contributed by atoms with Crippen molar-refractivity contribution in [1.82, 2.24) is 15.2 Å². The van der Waals surface area contributed by atoms with Crippen LogP contribution in [0.2, 0.25) is 0 Å². The SMILES string of the molecule is CCC(CNC(=O)C(=O)Nc1ccc2[nH]cc(C)c2c1)N1CCc2ccccc2C1. The van der Waals surface area contributed by atoms with Crippen LogP contribution in [-0.2, 0) is 22.6 Å². The number of anilines is 1. The van der Waals surface area contributed by atoms with Crippen molar-refractivity contribution in [3.63, 3.8) is 0 Å². The summed E-state index contributed by atoms with van der Waals surface area (Å²) in [5.41, 5.74) is 5.47. The van der Waals surface area contributed by atoms with Crippen molar-refractivity contribution in [2.45, 2.75) is 39.3 Å². The Bertz CT molecular complexity index is 1070. The van der Waals surface area contributed by atoms with Crippen LogP contribution in [0.25, 0.3) is 10.9 Å². The molecule has 1 unspecified atom stereocenters. The predicted molar refractivity (Wildman–Crippen MR) is 119 cm³/mol. The summed E-state index contributed by atoms with van der Waals surface area (Å²) < 4.78 is 0. The largest absolute Gasteiger partial charge is 0.361 e. The molecule has 0 saturated heterocycles. The second-order valence-corrected chi connectivity index (χ2v) is 7.95. The van der Waals surface area contributed by atoms with Gasteiger partial charge in [0.25, 0.3) is 0 Å². The van der Waals surface area contributed by atoms with Crippen LogP contribution in [0.3, 0.4) is 0 Å². The predicted octanol–water partition coefficient (Wildman–Crippen LogP) is 3.37. The maximum absolute atomic E-state index is 12.4. The second kappa shape index (κ2) is 8.71. The molecule has 1 aliphatic rings. The maximum Gasteiger partial charge on any atom is 0.313 e. The highest BCUT2D eigenvalue weighted by Gasteiger charge is 2.23. The molecule has 2 heterocycles. The molecule has 3 aromatic rings. The lowest BCUT2D eigenvalue weighted by molar-refractivity contribution is -0.136. The Balaban J connectivity index is 1.33. The van der Waals surface area contributed by atoms with Gasteiger partial charge in [0.15, 0.2) is 0 Å². The molecule has 2 aromatic carbocycles. The molecule has 4 rings (SSSR count). The highest BCUT2D eigenvalue weighted by molar-refractivity contribution is 6.39. The van der Waals surface area contributed by atoms with E-state index in [-0.39, 0.29) is 6.04 Å². The minimum absolute atomic E-state index is 0.203. The van der Waals surface area contributed by atoms with Gasteiger partial charge in [0.1, 0.15) is 0 Å². The van der Waals surface area contributed by atoms with Crippen molar-refractivity contribution in [3.05, 3.63) is 65.4 Å². The zero-order chi connectivity index (χ0) is 21.1. The molecule has 0 bridgehead atoms. The maximum atomic E-state index is 12.4. The molecule has 6 heteroatoms. The van der Waals surface area contributed by atoms with Crippen molar-refractivity contribution < 1.29 is 9.59 Å². The van der Waals surface area contributed by atoms with Crippen LogP contribution in [0.5, 0.6) is 0 Å². The van der Waals surface area contributed by atoms with Crippen molar-refractivity contribution in [2.24, 2.45) is 0 Å². The Kier molecular flexibility index (Phi) is 5.86. The Morgan fingerprint density at radius 3 is 2.73 bits per heavy atom. The zero-order valence-corrected chi connectivity index (χ0v) is 17.5. The van der Waals surface area contributed by atoms with Crippen molar-refractivity contribution >= 4 is 28.4 Å². The van der Waals surface area contributed by atoms with Gasteiger partial charge in [0, 0.05) is 48.5 Å². The van der Waals surface area contributed by atoms with Gasteiger partial charge in [-0.15, -0.1) is 0 Å². The van der Waals surface area contributed by atoms with Gasteiger partial charge in [-0.1, -0.05) is 31.2 Å². The number of rotatable bonds is 5. The van der Waals surface area contributed by atoms with Crippen LogP contribution in [0.15, 0.2) is 48.7 Å². The normalized spacial score (nSPS) is 14.9. The molecule has 0 saturated carbocycles. The van der Waals surface area contributed by atoms with Crippen LogP contribution >= 0.6 is 0 Å². The lowest BCUT2D eigenvalue weighted by atomic mass is 9.98. The van der Waals surface area contributed by atoms with Gasteiger partial charge >= 0.3 is 11.8 Å². The van der Waals surface area contributed by atoms with Gasteiger partial charge in [-0.3, -0.25) is 14.5 Å². The number of carbonyl (C=O) groups excluding carboxylic acids is 2. The number of benzene rings is 2. The molecule has 30 heavy (non-hydrogen) atoms. The summed E-state index contributed by atoms with van der Waals surface area (Å²) in [6.45, 7) is 6.42. The summed E-state index contributed by atoms with van der Waals surface area (Å²) in [6.07, 6.45) is 3.85. The molecule has 6 nitrogen and oxygen atoms in total. The third kappa shape index (κ3) is 4.24. The van der Waals surface area contributed by atoms with Gasteiger partial charge in [0.2, 0.25) is 0 Å². The number of aromatic nitrogens is 1. The van der Waals surface area contributed by atoms with E-state index in [9.17, 15) is 9.59 Å². The molecular formula is C24H28N4O2. The van der Waals surface area contributed by atoms with Crippen molar-refractivity contribution in [3.8, 4) is 0 Å². The second-order valence-electron chi connectivity index (χ2n) is 7.95. The van der Waals surface area contributed by atoms with E-state index in [0.29, 0.717) is 12.2 Å². The number of amides is 2. The standard InChI is InChI=1S/C24H28N4O2/c1-3-20(28-11-10-17-6-4-5-7-18(17)15-28)14-26-23(29)24(30)27-19-8-9-22-21(12-19)16(2)13-25-22/h4-9,12-13,20,25H,3,10-11,14-15H2,1-2H3,(H,26,29)(H,27,30). The third-order valence-corrected chi connectivity index (χ3v) is 6.00. The Labute approximate surface area is 176 Å². The van der Waals surface area contributed by atoms with Gasteiger partial charge in [0.05, 0.1) is 0 Å². The minimum Gasteiger partial charge on any atom is -0.361 e. The molecule has 0 spiro atoms. The Morgan fingerprint density at radius 2 is 1.93 bits per heavy atom. The third-order valence-electron chi connectivity index (χ3n) is 6.00. The van der Waals surface area contributed by atoms with Gasteiger partial charge in [-0.25, -0.2) is 0 Å². The number of fused-ring (bicyclic) bond motifs is 2. The van der Waals surface area contributed by atoms with E-state index < -0.39 is 11.8 Å². The fraction of sp³-hybridized carbons (Fsp3) is 0.333. The first kappa shape index (κ1) is 20.2. The van der Waals surface area contributed by atoms with Crippen LogP contribution < -0.4 is 10.6 Å². The minimum atomic E-state index is -0.638. The topological polar surface area (TPSA) is 77.2 Å². The van der Waals surface area contributed by atoms with Crippen LogP contribution in [0, 0.1) is 6.92 Å². The van der Waals surface area contributed by atoms with E-state index in [0.717, 1.165) is 42.4 Å². The highest BCUT2D eigenvalue weighted by Crippen LogP contribution is 2.22. The summed E-state index contributed by atoms with van der Waals surface area (Å²) in [7, 11) is 0. The van der Waals surface area contributed by atoms with Crippen molar-refractivity contribution in [2.75, 3.05) is 18.4 Å². The molecule has 156 valence electrons. The number of aryl methyl sites for hydroxylation is 1. The molecule has 1 atom stereocenters. The monoisotopic (exact) mass is 404 g/mol. The summed E-state index contributed by atoms with van der Waals surface area (Å²) in [5.74, 6) is -1.24. The van der Waals surface area contributed by atoms with E-state index in [2.05, 4.69) is 51.7 Å². The number of aromatic amines is 1. The molecule has 2 amide bonds. The van der Waals surface area contributed by atoms with Gasteiger partial charge in [-0.2, -0.15) is 0 Å². The van der Waals surface area contributed by atoms with E-state index in [1.807, 2.05) is 25.3 Å². The Morgan fingerprint density at radius 1 is 1.13 bits per heavy atom. The number of nitrogens with zero attached hydrogens (tertiary/aromatic N) is 1. The fourth-order valence-corrected chi connectivity index (χ4v) is 4.18. The van der Waals surface area contributed by atoms with E-state index >= 15 is 0 Å². The molecule has 1 aliphatic heterocycles. The number of nitrogens with one attached hydrogen (secondary N) is 3. The lowest BCUT2D eigenvalue weighted by Crippen LogP contribution is -2.47. The average Bonchev–Trinajstić information content (AvgIpc) is 3.14. The first-order valence-corrected chi connectivity index (χ1v) is 10.5. The fourth-order valence-electron chi connectivity index (χ4n) is 4.18. The summed E-state index contributed by atoms with van der Waals surface area (Å²) in [6, 6.07) is 14.3. The van der Waals surface area contributed by atoms with Gasteiger partial charge < -0.3 is 15.6 Å². The van der Waals surface area contributed by atoms with E-state index in [1.54, 1.807) is 6.07 Å². The number of carbonyl (C=O) groups is 2. The average molecular weight is 405 g/mol. The molecule has 0 fully saturated rings. The van der Waals surface area contributed by atoms with E-state index in [1.165, 1.54) is 11.1 Å². The smallest absolute Gasteiger partial charge is 0.313 e. The highest BCUT2D eigenvalue weighted by atomic mass is 16.2. The summed E-state index contributed by atoms with van der Waals surface area (Å²) in [4.78, 5) is 30.3. The molecule has 3 N–H and O–H groups in total. The quantitative estimate of drug-likeness (QED) is 0.571.